The summed E-state index contributed by atoms with van der Waals surface area (Å²) in [6.45, 7) is 1.79. The van der Waals surface area contributed by atoms with Gasteiger partial charge in [-0.05, 0) is 24.6 Å². The zero-order chi connectivity index (χ0) is 12.4. The van der Waals surface area contributed by atoms with Crippen LogP contribution in [0.2, 0.25) is 0 Å². The molecule has 5 nitrogen and oxygen atoms in total. The number of carbonyl (C=O) groups is 1. The molecule has 0 bridgehead atoms. The lowest BCUT2D eigenvalue weighted by Crippen LogP contribution is -2.01. The first-order chi connectivity index (χ1) is 8.11. The van der Waals surface area contributed by atoms with Gasteiger partial charge in [0.1, 0.15) is 11.5 Å². The van der Waals surface area contributed by atoms with Gasteiger partial charge in [-0.2, -0.15) is 0 Å². The molecule has 1 aromatic carbocycles. The van der Waals surface area contributed by atoms with Crippen LogP contribution >= 0.6 is 0 Å². The Morgan fingerprint density at radius 1 is 1.47 bits per heavy atom. The van der Waals surface area contributed by atoms with Gasteiger partial charge in [-0.15, -0.1) is 5.10 Å². The molecule has 0 N–H and O–H groups in total. The summed E-state index contributed by atoms with van der Waals surface area (Å²) in [6, 6.07) is 4.70. The molecule has 17 heavy (non-hydrogen) atoms. The Bertz CT molecular complexity index is 566. The van der Waals surface area contributed by atoms with Crippen LogP contribution in [0.1, 0.15) is 16.1 Å². The molecule has 1 heterocycles. The van der Waals surface area contributed by atoms with Crippen molar-refractivity contribution in [2.45, 2.75) is 6.92 Å². The maximum Gasteiger partial charge on any atom is 0.360 e. The molecule has 0 aliphatic heterocycles. The van der Waals surface area contributed by atoms with Gasteiger partial charge in [0.15, 0.2) is 5.69 Å². The van der Waals surface area contributed by atoms with Crippen molar-refractivity contribution in [3.05, 3.63) is 41.5 Å². The minimum Gasteiger partial charge on any atom is -0.464 e. The van der Waals surface area contributed by atoms with Crippen LogP contribution in [0.15, 0.2) is 24.4 Å². The number of hydrogen-bond donors (Lipinski definition) is 0. The first-order valence-corrected chi connectivity index (χ1v) is 4.89. The molecule has 2 rings (SSSR count). The number of aryl methyl sites for hydroxylation is 1. The maximum atomic E-state index is 13.6. The van der Waals surface area contributed by atoms with E-state index in [9.17, 15) is 9.18 Å². The zero-order valence-corrected chi connectivity index (χ0v) is 9.35. The monoisotopic (exact) mass is 235 g/mol. The Kier molecular flexibility index (Phi) is 2.86. The minimum absolute atomic E-state index is 0.0347. The van der Waals surface area contributed by atoms with Crippen molar-refractivity contribution in [3.8, 4) is 5.69 Å². The minimum atomic E-state index is -0.608. The number of aromatic nitrogens is 3. The van der Waals surface area contributed by atoms with Crippen LogP contribution in [0.4, 0.5) is 4.39 Å². The molecule has 0 unspecified atom stereocenters. The number of rotatable bonds is 2. The average Bonchev–Trinajstić information content (AvgIpc) is 2.77. The zero-order valence-electron chi connectivity index (χ0n) is 9.35. The van der Waals surface area contributed by atoms with E-state index in [1.165, 1.54) is 24.1 Å². The normalized spacial score (nSPS) is 10.3. The second-order valence-electron chi connectivity index (χ2n) is 3.49. The molecule has 0 saturated carbocycles. The van der Waals surface area contributed by atoms with Gasteiger partial charge in [0, 0.05) is 0 Å². The summed E-state index contributed by atoms with van der Waals surface area (Å²) in [4.78, 5) is 11.2. The largest absolute Gasteiger partial charge is 0.464 e. The van der Waals surface area contributed by atoms with Crippen LogP contribution < -0.4 is 0 Å². The second-order valence-corrected chi connectivity index (χ2v) is 3.49. The molecule has 0 aliphatic carbocycles. The molecule has 0 aliphatic rings. The number of ether oxygens (including phenoxy) is 1. The average molecular weight is 235 g/mol. The fourth-order valence-corrected chi connectivity index (χ4v) is 1.38. The van der Waals surface area contributed by atoms with Crippen LogP contribution in [0.3, 0.4) is 0 Å². The number of benzene rings is 1. The third-order valence-electron chi connectivity index (χ3n) is 2.24. The quantitative estimate of drug-likeness (QED) is 0.740. The van der Waals surface area contributed by atoms with E-state index in [1.54, 1.807) is 19.1 Å². The van der Waals surface area contributed by atoms with Crippen LogP contribution in [0, 0.1) is 12.7 Å². The number of esters is 1. The molecular formula is C11H10FN3O2. The summed E-state index contributed by atoms with van der Waals surface area (Å²) in [6.07, 6.45) is 1.32. The van der Waals surface area contributed by atoms with E-state index in [0.29, 0.717) is 0 Å². The van der Waals surface area contributed by atoms with Crippen molar-refractivity contribution < 1.29 is 13.9 Å². The van der Waals surface area contributed by atoms with Crippen LogP contribution in [-0.4, -0.2) is 28.1 Å². The number of nitrogens with zero attached hydrogens (tertiary/aromatic N) is 3. The van der Waals surface area contributed by atoms with E-state index in [2.05, 4.69) is 15.0 Å². The first kappa shape index (κ1) is 11.3. The SMILES string of the molecule is COC(=O)c1cn(-c2ccc(C)cc2F)nn1. The van der Waals surface area contributed by atoms with Crippen molar-refractivity contribution in [1.29, 1.82) is 0 Å². The lowest BCUT2D eigenvalue weighted by molar-refractivity contribution is 0.0594. The summed E-state index contributed by atoms with van der Waals surface area (Å²) >= 11 is 0. The van der Waals surface area contributed by atoms with Crippen molar-refractivity contribution in [1.82, 2.24) is 15.0 Å². The highest BCUT2D eigenvalue weighted by atomic mass is 19.1. The summed E-state index contributed by atoms with van der Waals surface area (Å²) in [5, 5.41) is 7.27. The van der Waals surface area contributed by atoms with Gasteiger partial charge < -0.3 is 4.74 Å². The number of methoxy groups -OCH3 is 1. The van der Waals surface area contributed by atoms with Gasteiger partial charge in [-0.25, -0.2) is 13.9 Å². The molecule has 0 spiro atoms. The number of hydrogen-bond acceptors (Lipinski definition) is 4. The molecule has 0 saturated heterocycles. The van der Waals surface area contributed by atoms with E-state index in [4.69, 9.17) is 0 Å². The van der Waals surface area contributed by atoms with Crippen molar-refractivity contribution in [2.24, 2.45) is 0 Å². The molecule has 0 amide bonds. The summed E-state index contributed by atoms with van der Waals surface area (Å²) < 4.78 is 19.3. The van der Waals surface area contributed by atoms with Crippen LogP contribution in [-0.2, 0) is 4.74 Å². The smallest absolute Gasteiger partial charge is 0.360 e. The molecule has 0 radical (unpaired) electrons. The highest BCUT2D eigenvalue weighted by Gasteiger charge is 2.13. The third kappa shape index (κ3) is 2.15. The fourth-order valence-electron chi connectivity index (χ4n) is 1.38. The van der Waals surface area contributed by atoms with Crippen molar-refractivity contribution >= 4 is 5.97 Å². The Morgan fingerprint density at radius 3 is 2.88 bits per heavy atom. The van der Waals surface area contributed by atoms with Gasteiger partial charge in [-0.1, -0.05) is 11.3 Å². The second kappa shape index (κ2) is 4.32. The van der Waals surface area contributed by atoms with Crippen LogP contribution in [0.5, 0.6) is 0 Å². The third-order valence-corrected chi connectivity index (χ3v) is 2.24. The Morgan fingerprint density at radius 2 is 2.24 bits per heavy atom. The summed E-state index contributed by atoms with van der Waals surface area (Å²) in [5.41, 5.74) is 1.07. The molecule has 0 fully saturated rings. The number of halogens is 1. The fraction of sp³-hybridized carbons (Fsp3) is 0.182. The lowest BCUT2D eigenvalue weighted by atomic mass is 10.2. The van der Waals surface area contributed by atoms with Gasteiger partial charge in [0.2, 0.25) is 0 Å². The van der Waals surface area contributed by atoms with E-state index in [1.807, 2.05) is 0 Å². The van der Waals surface area contributed by atoms with Crippen molar-refractivity contribution in [2.75, 3.05) is 7.11 Å². The van der Waals surface area contributed by atoms with E-state index in [-0.39, 0.29) is 11.4 Å². The van der Waals surface area contributed by atoms with Gasteiger partial charge in [-0.3, -0.25) is 0 Å². The molecule has 2 aromatic rings. The summed E-state index contributed by atoms with van der Waals surface area (Å²) in [7, 11) is 1.24. The molecule has 1 aromatic heterocycles. The molecule has 0 atom stereocenters. The maximum absolute atomic E-state index is 13.6. The Balaban J connectivity index is 2.40. The van der Waals surface area contributed by atoms with Crippen molar-refractivity contribution in [3.63, 3.8) is 0 Å². The lowest BCUT2D eigenvalue weighted by Gasteiger charge is -2.02. The molecule has 6 heteroatoms. The first-order valence-electron chi connectivity index (χ1n) is 4.89. The van der Waals surface area contributed by atoms with E-state index in [0.717, 1.165) is 5.56 Å². The standard InChI is InChI=1S/C11H10FN3O2/c1-7-3-4-10(8(12)5-7)15-6-9(13-14-15)11(16)17-2/h3-6H,1-2H3. The van der Waals surface area contributed by atoms with Gasteiger partial charge in [0.25, 0.3) is 0 Å². The van der Waals surface area contributed by atoms with E-state index < -0.39 is 11.8 Å². The predicted molar refractivity (Wildman–Crippen MR) is 57.4 cm³/mol. The molecular weight excluding hydrogens is 225 g/mol. The topological polar surface area (TPSA) is 57.0 Å². The predicted octanol–water partition coefficient (Wildman–Crippen LogP) is 1.50. The highest BCUT2D eigenvalue weighted by Crippen LogP contribution is 2.14. The van der Waals surface area contributed by atoms with Gasteiger partial charge in [0.05, 0.1) is 13.3 Å². The Hall–Kier alpha value is -2.24. The molecule has 88 valence electrons. The van der Waals surface area contributed by atoms with E-state index >= 15 is 0 Å². The van der Waals surface area contributed by atoms with Gasteiger partial charge >= 0.3 is 5.97 Å². The van der Waals surface area contributed by atoms with Crippen LogP contribution in [0.25, 0.3) is 5.69 Å². The highest BCUT2D eigenvalue weighted by molar-refractivity contribution is 5.86. The number of carbonyl (C=O) groups excluding carboxylic acids is 1. The Labute approximate surface area is 96.8 Å². The summed E-state index contributed by atoms with van der Waals surface area (Å²) in [5.74, 6) is -1.03.